The van der Waals surface area contributed by atoms with Crippen LogP contribution in [0.1, 0.15) is 5.56 Å². The van der Waals surface area contributed by atoms with E-state index < -0.39 is 5.82 Å². The summed E-state index contributed by atoms with van der Waals surface area (Å²) in [5, 5.41) is 0.244. The lowest BCUT2D eigenvalue weighted by atomic mass is 10.2. The normalized spacial score (nSPS) is 10.3. The minimum absolute atomic E-state index is 0.244. The number of rotatable bonds is 4. The summed E-state index contributed by atoms with van der Waals surface area (Å²) in [6, 6.07) is 9.65. The van der Waals surface area contributed by atoms with Crippen LogP contribution in [0.25, 0.3) is 0 Å². The molecule has 0 heterocycles. The van der Waals surface area contributed by atoms with Crippen molar-refractivity contribution in [1.29, 1.82) is 0 Å². The Morgan fingerprint density at radius 3 is 2.58 bits per heavy atom. The van der Waals surface area contributed by atoms with E-state index in [4.69, 9.17) is 21.1 Å². The van der Waals surface area contributed by atoms with Crippen LogP contribution in [0.5, 0.6) is 11.5 Å². The largest absolute Gasteiger partial charge is 0.496 e. The van der Waals surface area contributed by atoms with Crippen LogP contribution in [0, 0.1) is 5.82 Å². The average molecular weight is 346 g/mol. The van der Waals surface area contributed by atoms with Gasteiger partial charge in [-0.25, -0.2) is 4.39 Å². The summed E-state index contributed by atoms with van der Waals surface area (Å²) < 4.78 is 24.7. The van der Waals surface area contributed by atoms with Crippen LogP contribution in [0.3, 0.4) is 0 Å². The van der Waals surface area contributed by atoms with Gasteiger partial charge in [0.15, 0.2) is 0 Å². The Balaban J connectivity index is 2.16. The molecule has 19 heavy (non-hydrogen) atoms. The van der Waals surface area contributed by atoms with Gasteiger partial charge in [-0.3, -0.25) is 0 Å². The Morgan fingerprint density at radius 2 is 1.89 bits per heavy atom. The summed E-state index contributed by atoms with van der Waals surface area (Å²) in [5.41, 5.74) is 0.872. The Kier molecular flexibility index (Phi) is 4.66. The molecule has 0 unspecified atom stereocenters. The molecular formula is C14H11BrClFO2. The number of hydrogen-bond acceptors (Lipinski definition) is 2. The molecule has 2 aromatic carbocycles. The van der Waals surface area contributed by atoms with Crippen molar-refractivity contribution in [3.05, 3.63) is 57.3 Å². The van der Waals surface area contributed by atoms with Gasteiger partial charge >= 0.3 is 0 Å². The molecule has 0 atom stereocenters. The minimum atomic E-state index is -0.391. The van der Waals surface area contributed by atoms with Gasteiger partial charge < -0.3 is 9.47 Å². The molecule has 0 aliphatic heterocycles. The molecule has 2 aromatic rings. The smallest absolute Gasteiger partial charge is 0.138 e. The van der Waals surface area contributed by atoms with Crippen LogP contribution in [0.2, 0.25) is 5.02 Å². The maximum Gasteiger partial charge on any atom is 0.138 e. The highest BCUT2D eigenvalue weighted by atomic mass is 79.9. The minimum Gasteiger partial charge on any atom is -0.496 e. The van der Waals surface area contributed by atoms with E-state index in [0.29, 0.717) is 5.75 Å². The Bertz CT molecular complexity index is 590. The molecule has 100 valence electrons. The lowest BCUT2D eigenvalue weighted by Gasteiger charge is -2.11. The van der Waals surface area contributed by atoms with E-state index in [-0.39, 0.29) is 11.6 Å². The molecule has 0 aliphatic carbocycles. The molecule has 0 aromatic heterocycles. The Morgan fingerprint density at radius 1 is 1.16 bits per heavy atom. The van der Waals surface area contributed by atoms with Gasteiger partial charge in [-0.15, -0.1) is 0 Å². The first kappa shape index (κ1) is 14.2. The van der Waals surface area contributed by atoms with Gasteiger partial charge in [-0.1, -0.05) is 27.5 Å². The molecule has 0 aliphatic rings. The van der Waals surface area contributed by atoms with Crippen molar-refractivity contribution >= 4 is 27.5 Å². The van der Waals surface area contributed by atoms with Gasteiger partial charge in [0, 0.05) is 10.0 Å². The zero-order valence-electron chi connectivity index (χ0n) is 10.1. The number of benzene rings is 2. The molecule has 0 bridgehead atoms. The fourth-order valence-corrected chi connectivity index (χ4v) is 2.24. The van der Waals surface area contributed by atoms with Crippen molar-refractivity contribution in [2.45, 2.75) is 6.61 Å². The van der Waals surface area contributed by atoms with Crippen molar-refractivity contribution in [2.24, 2.45) is 0 Å². The van der Waals surface area contributed by atoms with Crippen molar-refractivity contribution in [3.8, 4) is 11.5 Å². The molecular weight excluding hydrogens is 335 g/mol. The summed E-state index contributed by atoms with van der Waals surface area (Å²) in [6.07, 6.45) is 0. The molecule has 2 nitrogen and oxygen atoms in total. The standard InChI is InChI=1S/C14H11BrClFO2/c1-18-13-4-2-10(15)6-9(13)8-19-14-5-3-11(17)7-12(14)16/h2-7H,8H2,1H3. The number of ether oxygens (including phenoxy) is 2. The van der Waals surface area contributed by atoms with Crippen molar-refractivity contribution < 1.29 is 13.9 Å². The van der Waals surface area contributed by atoms with Crippen molar-refractivity contribution in [3.63, 3.8) is 0 Å². The van der Waals surface area contributed by atoms with Crippen LogP contribution in [-0.4, -0.2) is 7.11 Å². The van der Waals surface area contributed by atoms with Gasteiger partial charge in [0.25, 0.3) is 0 Å². The highest BCUT2D eigenvalue weighted by Gasteiger charge is 2.07. The van der Waals surface area contributed by atoms with Crippen molar-refractivity contribution in [2.75, 3.05) is 7.11 Å². The summed E-state index contributed by atoms with van der Waals surface area (Å²) in [5.74, 6) is 0.768. The fraction of sp³-hybridized carbons (Fsp3) is 0.143. The van der Waals surface area contributed by atoms with Crippen LogP contribution < -0.4 is 9.47 Å². The number of methoxy groups -OCH3 is 1. The first-order chi connectivity index (χ1) is 9.10. The third-order valence-electron chi connectivity index (χ3n) is 2.52. The predicted molar refractivity (Wildman–Crippen MR) is 76.4 cm³/mol. The molecule has 0 saturated heterocycles. The molecule has 2 rings (SSSR count). The molecule has 0 saturated carbocycles. The van der Waals surface area contributed by atoms with E-state index in [9.17, 15) is 4.39 Å². The van der Waals surface area contributed by atoms with E-state index in [1.165, 1.54) is 18.2 Å². The third-order valence-corrected chi connectivity index (χ3v) is 3.31. The van der Waals surface area contributed by atoms with Crippen LogP contribution in [0.4, 0.5) is 4.39 Å². The molecule has 0 N–H and O–H groups in total. The molecule has 0 amide bonds. The Labute approximate surface area is 124 Å². The highest BCUT2D eigenvalue weighted by molar-refractivity contribution is 9.10. The number of hydrogen-bond donors (Lipinski definition) is 0. The van der Waals surface area contributed by atoms with E-state index in [1.807, 2.05) is 18.2 Å². The van der Waals surface area contributed by atoms with Gasteiger partial charge in [-0.2, -0.15) is 0 Å². The lowest BCUT2D eigenvalue weighted by molar-refractivity contribution is 0.296. The van der Waals surface area contributed by atoms with Crippen molar-refractivity contribution in [1.82, 2.24) is 0 Å². The zero-order chi connectivity index (χ0) is 13.8. The maximum absolute atomic E-state index is 12.9. The zero-order valence-corrected chi connectivity index (χ0v) is 12.5. The van der Waals surface area contributed by atoms with E-state index >= 15 is 0 Å². The summed E-state index contributed by atoms with van der Waals surface area (Å²) in [4.78, 5) is 0. The van der Waals surface area contributed by atoms with Crippen LogP contribution in [-0.2, 0) is 6.61 Å². The second kappa shape index (κ2) is 6.26. The number of halogens is 3. The molecule has 0 spiro atoms. The van der Waals surface area contributed by atoms with Gasteiger partial charge in [0.1, 0.15) is 23.9 Å². The second-order valence-electron chi connectivity index (χ2n) is 3.82. The van der Waals surface area contributed by atoms with E-state index in [1.54, 1.807) is 7.11 Å². The summed E-state index contributed by atoms with van der Waals surface area (Å²) in [7, 11) is 1.59. The van der Waals surface area contributed by atoms with Gasteiger partial charge in [-0.05, 0) is 36.4 Å². The Hall–Kier alpha value is -1.26. The molecule has 0 fully saturated rings. The first-order valence-electron chi connectivity index (χ1n) is 5.50. The summed E-state index contributed by atoms with van der Waals surface area (Å²) in [6.45, 7) is 0.286. The monoisotopic (exact) mass is 344 g/mol. The highest BCUT2D eigenvalue weighted by Crippen LogP contribution is 2.28. The van der Waals surface area contributed by atoms with Crippen LogP contribution in [0.15, 0.2) is 40.9 Å². The molecule has 5 heteroatoms. The average Bonchev–Trinajstić information content (AvgIpc) is 2.38. The third kappa shape index (κ3) is 3.61. The van der Waals surface area contributed by atoms with Crippen LogP contribution >= 0.6 is 27.5 Å². The second-order valence-corrected chi connectivity index (χ2v) is 5.14. The quantitative estimate of drug-likeness (QED) is 0.790. The van der Waals surface area contributed by atoms with Gasteiger partial charge in [0.2, 0.25) is 0 Å². The topological polar surface area (TPSA) is 18.5 Å². The van der Waals surface area contributed by atoms with E-state index in [2.05, 4.69) is 15.9 Å². The summed E-state index contributed by atoms with van der Waals surface area (Å²) >= 11 is 9.28. The van der Waals surface area contributed by atoms with Gasteiger partial charge in [0.05, 0.1) is 12.1 Å². The van der Waals surface area contributed by atoms with E-state index in [0.717, 1.165) is 15.8 Å². The SMILES string of the molecule is COc1ccc(Br)cc1COc1ccc(F)cc1Cl. The lowest BCUT2D eigenvalue weighted by Crippen LogP contribution is -1.99. The molecule has 0 radical (unpaired) electrons. The first-order valence-corrected chi connectivity index (χ1v) is 6.67. The fourth-order valence-electron chi connectivity index (χ4n) is 1.61. The maximum atomic E-state index is 12.9. The predicted octanol–water partition coefficient (Wildman–Crippen LogP) is 4.83.